The summed E-state index contributed by atoms with van der Waals surface area (Å²) in [5.41, 5.74) is 0.0954. The van der Waals surface area contributed by atoms with Crippen molar-refractivity contribution in [2.24, 2.45) is 7.05 Å². The maximum Gasteiger partial charge on any atom is 0.292 e. The first-order valence-corrected chi connectivity index (χ1v) is 8.01. The third-order valence-corrected chi connectivity index (χ3v) is 4.23. The van der Waals surface area contributed by atoms with Crippen LogP contribution in [0, 0.1) is 10.1 Å². The third kappa shape index (κ3) is 4.37. The predicted molar refractivity (Wildman–Crippen MR) is 99.4 cm³/mol. The number of halogens is 1. The quantitative estimate of drug-likeness (QED) is 0.599. The first-order valence-electron chi connectivity index (χ1n) is 8.01. The molecule has 1 aliphatic heterocycles. The molecule has 3 rings (SSSR count). The van der Waals surface area contributed by atoms with Gasteiger partial charge in [0.05, 0.1) is 17.5 Å². The number of piperazine rings is 1. The lowest BCUT2D eigenvalue weighted by molar-refractivity contribution is -0.383. The van der Waals surface area contributed by atoms with Crippen molar-refractivity contribution in [3.05, 3.63) is 52.6 Å². The molecule has 1 aliphatic rings. The SMILES string of the molecule is Cl.Cn1ccnc1C1CNCCN1CC(=O)Nc1ccccc1[N+](=O)[O-]. The van der Waals surface area contributed by atoms with Crippen molar-refractivity contribution in [2.45, 2.75) is 6.04 Å². The van der Waals surface area contributed by atoms with E-state index in [0.717, 1.165) is 12.4 Å². The minimum absolute atomic E-state index is 0. The van der Waals surface area contributed by atoms with Gasteiger partial charge in [-0.1, -0.05) is 12.1 Å². The summed E-state index contributed by atoms with van der Waals surface area (Å²) in [4.78, 5) is 29.4. The summed E-state index contributed by atoms with van der Waals surface area (Å²) in [7, 11) is 1.92. The molecule has 26 heavy (non-hydrogen) atoms. The number of nitrogens with one attached hydrogen (secondary N) is 2. The lowest BCUT2D eigenvalue weighted by Gasteiger charge is -2.35. The van der Waals surface area contributed by atoms with E-state index in [1.807, 2.05) is 22.7 Å². The molecular weight excluding hydrogens is 360 g/mol. The molecule has 10 heteroatoms. The van der Waals surface area contributed by atoms with Gasteiger partial charge in [-0.15, -0.1) is 12.4 Å². The van der Waals surface area contributed by atoms with E-state index in [-0.39, 0.29) is 42.3 Å². The number of amides is 1. The molecule has 0 aliphatic carbocycles. The van der Waals surface area contributed by atoms with E-state index in [4.69, 9.17) is 0 Å². The number of nitro groups is 1. The molecule has 2 N–H and O–H groups in total. The van der Waals surface area contributed by atoms with Gasteiger partial charge in [0.15, 0.2) is 0 Å². The summed E-state index contributed by atoms with van der Waals surface area (Å²) >= 11 is 0. The number of aryl methyl sites for hydroxylation is 1. The van der Waals surface area contributed by atoms with Gasteiger partial charge in [0.1, 0.15) is 11.5 Å². The number of benzene rings is 1. The fraction of sp³-hybridized carbons (Fsp3) is 0.375. The molecule has 2 aromatic rings. The number of para-hydroxylation sites is 2. The van der Waals surface area contributed by atoms with Crippen molar-refractivity contribution < 1.29 is 9.72 Å². The van der Waals surface area contributed by atoms with Gasteiger partial charge in [0.25, 0.3) is 5.69 Å². The second kappa shape index (κ2) is 8.75. The number of carbonyl (C=O) groups excluding carboxylic acids is 1. The zero-order valence-corrected chi connectivity index (χ0v) is 15.1. The van der Waals surface area contributed by atoms with Gasteiger partial charge in [-0.3, -0.25) is 19.8 Å². The van der Waals surface area contributed by atoms with E-state index in [2.05, 4.69) is 15.6 Å². The highest BCUT2D eigenvalue weighted by Gasteiger charge is 2.28. The molecule has 0 spiro atoms. The summed E-state index contributed by atoms with van der Waals surface area (Å²) in [5.74, 6) is 0.598. The van der Waals surface area contributed by atoms with Crippen molar-refractivity contribution in [2.75, 3.05) is 31.5 Å². The van der Waals surface area contributed by atoms with E-state index < -0.39 is 4.92 Å². The van der Waals surface area contributed by atoms with Gasteiger partial charge < -0.3 is 15.2 Å². The molecule has 1 saturated heterocycles. The van der Waals surface area contributed by atoms with Crippen LogP contribution in [0.4, 0.5) is 11.4 Å². The summed E-state index contributed by atoms with van der Waals surface area (Å²) in [5, 5.41) is 17.0. The fourth-order valence-corrected chi connectivity index (χ4v) is 3.00. The third-order valence-electron chi connectivity index (χ3n) is 4.23. The smallest absolute Gasteiger partial charge is 0.292 e. The Kier molecular flexibility index (Phi) is 6.67. The average molecular weight is 381 g/mol. The van der Waals surface area contributed by atoms with Crippen LogP contribution in [-0.2, 0) is 11.8 Å². The van der Waals surface area contributed by atoms with E-state index in [1.54, 1.807) is 18.3 Å². The number of nitro benzene ring substituents is 1. The standard InChI is InChI=1S/C16H20N6O3.ClH/c1-20-8-7-18-16(20)14-10-17-6-9-21(14)11-15(23)19-12-4-2-3-5-13(12)22(24)25;/h2-5,7-8,14,17H,6,9-11H2,1H3,(H,19,23);1H. The Labute approximate surface area is 157 Å². The zero-order chi connectivity index (χ0) is 17.8. The summed E-state index contributed by atoms with van der Waals surface area (Å²) in [6.07, 6.45) is 3.60. The van der Waals surface area contributed by atoms with E-state index >= 15 is 0 Å². The van der Waals surface area contributed by atoms with Crippen LogP contribution in [0.3, 0.4) is 0 Å². The largest absolute Gasteiger partial charge is 0.337 e. The maximum atomic E-state index is 12.4. The van der Waals surface area contributed by atoms with Crippen LogP contribution < -0.4 is 10.6 Å². The van der Waals surface area contributed by atoms with Crippen molar-refractivity contribution in [3.8, 4) is 0 Å². The summed E-state index contributed by atoms with van der Waals surface area (Å²) in [6, 6.07) is 6.11. The molecule has 140 valence electrons. The van der Waals surface area contributed by atoms with Crippen LogP contribution in [0.25, 0.3) is 0 Å². The van der Waals surface area contributed by atoms with Crippen molar-refractivity contribution >= 4 is 29.7 Å². The first-order chi connectivity index (χ1) is 12.1. The predicted octanol–water partition coefficient (Wildman–Crippen LogP) is 1.34. The zero-order valence-electron chi connectivity index (χ0n) is 14.3. The number of hydrogen-bond donors (Lipinski definition) is 2. The molecule has 0 bridgehead atoms. The lowest BCUT2D eigenvalue weighted by atomic mass is 10.1. The van der Waals surface area contributed by atoms with Gasteiger partial charge in [-0.05, 0) is 6.07 Å². The van der Waals surface area contributed by atoms with Gasteiger partial charge in [-0.2, -0.15) is 0 Å². The molecule has 0 radical (unpaired) electrons. The highest BCUT2D eigenvalue weighted by molar-refractivity contribution is 5.94. The summed E-state index contributed by atoms with van der Waals surface area (Å²) < 4.78 is 1.94. The monoisotopic (exact) mass is 380 g/mol. The number of hydrogen-bond acceptors (Lipinski definition) is 6. The van der Waals surface area contributed by atoms with Crippen molar-refractivity contribution in [1.82, 2.24) is 19.8 Å². The first kappa shape index (κ1) is 19.8. The van der Waals surface area contributed by atoms with Crippen LogP contribution in [0.1, 0.15) is 11.9 Å². The molecule has 2 heterocycles. The van der Waals surface area contributed by atoms with Gasteiger partial charge in [0.2, 0.25) is 5.91 Å². The lowest BCUT2D eigenvalue weighted by Crippen LogP contribution is -2.49. The van der Waals surface area contributed by atoms with E-state index in [1.165, 1.54) is 12.1 Å². The van der Waals surface area contributed by atoms with E-state index in [0.29, 0.717) is 13.1 Å². The van der Waals surface area contributed by atoms with E-state index in [9.17, 15) is 14.9 Å². The number of rotatable bonds is 5. The molecule has 1 unspecified atom stereocenters. The Morgan fingerprint density at radius 3 is 2.92 bits per heavy atom. The number of nitrogens with zero attached hydrogens (tertiary/aromatic N) is 4. The average Bonchev–Trinajstić information content (AvgIpc) is 3.01. The number of imidazole rings is 1. The van der Waals surface area contributed by atoms with Gasteiger partial charge >= 0.3 is 0 Å². The highest BCUT2D eigenvalue weighted by Crippen LogP contribution is 2.24. The Morgan fingerprint density at radius 2 is 2.23 bits per heavy atom. The second-order valence-corrected chi connectivity index (χ2v) is 5.91. The Hall–Kier alpha value is -2.49. The highest BCUT2D eigenvalue weighted by atomic mass is 35.5. The molecule has 9 nitrogen and oxygen atoms in total. The maximum absolute atomic E-state index is 12.4. The molecule has 1 amide bonds. The Morgan fingerprint density at radius 1 is 1.46 bits per heavy atom. The number of carbonyl (C=O) groups is 1. The molecule has 1 fully saturated rings. The second-order valence-electron chi connectivity index (χ2n) is 5.91. The minimum Gasteiger partial charge on any atom is -0.337 e. The molecular formula is C16H21ClN6O3. The molecule has 0 saturated carbocycles. The van der Waals surface area contributed by atoms with Gasteiger partial charge in [0, 0.05) is 45.1 Å². The minimum atomic E-state index is -0.503. The van der Waals surface area contributed by atoms with Crippen LogP contribution in [0.2, 0.25) is 0 Å². The number of aromatic nitrogens is 2. The fourth-order valence-electron chi connectivity index (χ4n) is 3.00. The summed E-state index contributed by atoms with van der Waals surface area (Å²) in [6.45, 7) is 2.32. The Balaban J connectivity index is 0.00000243. The number of anilines is 1. The molecule has 1 atom stereocenters. The normalized spacial score (nSPS) is 17.3. The van der Waals surface area contributed by atoms with Crippen LogP contribution in [-0.4, -0.2) is 51.5 Å². The Bertz CT molecular complexity index is 781. The van der Waals surface area contributed by atoms with Gasteiger partial charge in [-0.25, -0.2) is 4.98 Å². The van der Waals surface area contributed by atoms with Crippen molar-refractivity contribution in [1.29, 1.82) is 0 Å². The van der Waals surface area contributed by atoms with Crippen LogP contribution in [0.15, 0.2) is 36.7 Å². The van der Waals surface area contributed by atoms with Crippen molar-refractivity contribution in [3.63, 3.8) is 0 Å². The van der Waals surface area contributed by atoms with Crippen LogP contribution >= 0.6 is 12.4 Å². The molecule has 1 aromatic carbocycles. The molecule has 1 aromatic heterocycles. The van der Waals surface area contributed by atoms with Crippen LogP contribution in [0.5, 0.6) is 0 Å². The topological polar surface area (TPSA) is 105 Å².